The van der Waals surface area contributed by atoms with E-state index in [-0.39, 0.29) is 60.6 Å². The Balaban J connectivity index is 0.000000134. The van der Waals surface area contributed by atoms with E-state index < -0.39 is 0 Å². The zero-order valence-electron chi connectivity index (χ0n) is 78.1. The van der Waals surface area contributed by atoms with Crippen LogP contribution in [0.25, 0.3) is 94.2 Å². The molecular formula is C117H107N17O8S. The van der Waals surface area contributed by atoms with Crippen LogP contribution in [0.5, 0.6) is 11.8 Å². The summed E-state index contributed by atoms with van der Waals surface area (Å²) >= 11 is 1.63. The molecule has 10 aromatic carbocycles. The van der Waals surface area contributed by atoms with Crippen LogP contribution in [0.3, 0.4) is 0 Å². The zero-order valence-corrected chi connectivity index (χ0v) is 78.9. The number of pyridine rings is 10. The molecule has 1 amide bonds. The Hall–Kier alpha value is -18.4. The Morgan fingerprint density at radius 2 is 0.629 bits per heavy atom. The van der Waals surface area contributed by atoms with Gasteiger partial charge in [0.15, 0.2) is 27.1 Å². The number of nitrogens with one attached hydrogen (secondary N) is 6. The largest absolute Gasteiger partial charge is 0.478 e. The van der Waals surface area contributed by atoms with Crippen LogP contribution in [-0.2, 0) is 11.2 Å². The van der Waals surface area contributed by atoms with Gasteiger partial charge in [-0.25, -0.2) is 15.0 Å². The van der Waals surface area contributed by atoms with Gasteiger partial charge in [0.1, 0.15) is 34.9 Å². The van der Waals surface area contributed by atoms with E-state index in [9.17, 15) is 28.8 Å². The lowest BCUT2D eigenvalue weighted by atomic mass is 10.1. The van der Waals surface area contributed by atoms with Crippen molar-refractivity contribution < 1.29 is 14.3 Å². The standard InChI is InChI=1S/C24H23N5O2.C24H17N3OS.C23H21N3O2.C22H19N3O2.C22H19N3O.2CH4/c1-28(2)24(31)16-26-22-13-20-19(15-25-22)21(30)14-23(27-17-9-5-3-6-10-17)29(20)18-11-7-4-8-12-18;28-23-14-24(26-18-7-3-1-4-8-18)27(19-9-5-2-6-10-19)22-13-21(25-15-20(22)23)17-11-12-29-16-17;1-16(2)28-23-13-20-19(15-24-23)21(27)14-22(25-17-9-5-3-6-10-17)26(20)18-11-7-4-8-12-18;1-2-27-22-13-19-18(15-23-22)20(26)14-21(24-16-9-5-3-6-10-16)25(19)17-11-7-4-8-12-17;1-2-16-13-20-19(15-23-16)21(26)14-22(24-17-9-5-3-6-10-17)25(20)18-11-7-4-8-12-18;;/h3-15,27H,16H2,1-2H3,(H,25,26);1-16,26H;3-16,25H,1-2H3;3-15,24H,2H2,1H3;3-15,24H,2H2,1H3;2*1H4. The van der Waals surface area contributed by atoms with E-state index in [0.29, 0.717) is 79.9 Å². The van der Waals surface area contributed by atoms with Gasteiger partial charge in [0.25, 0.3) is 0 Å². The lowest BCUT2D eigenvalue weighted by molar-refractivity contribution is -0.126. The number of rotatable bonds is 24. The molecule has 0 bridgehead atoms. The Morgan fingerprint density at radius 1 is 0.343 bits per heavy atom. The Morgan fingerprint density at radius 3 is 0.937 bits per heavy atom. The van der Waals surface area contributed by atoms with Gasteiger partial charge >= 0.3 is 0 Å². The lowest BCUT2D eigenvalue weighted by Gasteiger charge is -2.19. The van der Waals surface area contributed by atoms with E-state index in [4.69, 9.17) is 9.47 Å². The van der Waals surface area contributed by atoms with Crippen LogP contribution in [0, 0.1) is 0 Å². The van der Waals surface area contributed by atoms with Crippen molar-refractivity contribution >= 4 is 135 Å². The number of para-hydroxylation sites is 10. The van der Waals surface area contributed by atoms with Crippen LogP contribution in [0.1, 0.15) is 48.2 Å². The summed E-state index contributed by atoms with van der Waals surface area (Å²) in [5, 5.41) is 26.8. The van der Waals surface area contributed by atoms with Crippen molar-refractivity contribution in [1.29, 1.82) is 0 Å². The quantitative estimate of drug-likeness (QED) is 0.0328. The first-order chi connectivity index (χ1) is 68.9. The molecule has 0 aliphatic heterocycles. The molecule has 26 heteroatoms. The van der Waals surface area contributed by atoms with Crippen LogP contribution in [0.15, 0.2) is 436 Å². The number of aryl methyl sites for hydroxylation is 1. The minimum Gasteiger partial charge on any atom is -0.478 e. The average Bonchev–Trinajstić information content (AvgIpc) is 1.79. The maximum atomic E-state index is 12.9. The molecule has 21 rings (SSSR count). The van der Waals surface area contributed by atoms with Gasteiger partial charge in [-0.2, -0.15) is 11.3 Å². The number of carbonyl (C=O) groups is 1. The Labute approximate surface area is 831 Å². The van der Waals surface area contributed by atoms with Crippen molar-refractivity contribution in [2.24, 2.45) is 0 Å². The second-order valence-corrected chi connectivity index (χ2v) is 33.6. The van der Waals surface area contributed by atoms with Crippen molar-refractivity contribution in [2.75, 3.05) is 59.1 Å². The second-order valence-electron chi connectivity index (χ2n) is 32.8. The van der Waals surface area contributed by atoms with Crippen molar-refractivity contribution in [3.63, 3.8) is 0 Å². The van der Waals surface area contributed by atoms with Gasteiger partial charge in [0.2, 0.25) is 17.7 Å². The number of hydrogen-bond acceptors (Lipinski definition) is 20. The van der Waals surface area contributed by atoms with E-state index in [0.717, 1.165) is 108 Å². The van der Waals surface area contributed by atoms with E-state index >= 15 is 0 Å². The fraction of sp³-hybridized carbons (Fsp3) is 0.103. The number of likely N-dealkylation sites (N-methyl/N-ethyl adjacent to an activating group) is 1. The van der Waals surface area contributed by atoms with E-state index in [1.807, 2.05) is 374 Å². The highest BCUT2D eigenvalue weighted by Gasteiger charge is 2.21. The van der Waals surface area contributed by atoms with Crippen LogP contribution in [0.2, 0.25) is 0 Å². The van der Waals surface area contributed by atoms with Crippen molar-refractivity contribution in [3.8, 4) is 51.5 Å². The molecule has 11 heterocycles. The maximum absolute atomic E-state index is 12.9. The maximum Gasteiger partial charge on any atom is 0.241 e. The molecule has 0 fully saturated rings. The number of aromatic nitrogens is 10. The third kappa shape index (κ3) is 24.0. The molecule has 11 aromatic heterocycles. The van der Waals surface area contributed by atoms with Crippen LogP contribution in [-0.4, -0.2) is 91.9 Å². The smallest absolute Gasteiger partial charge is 0.241 e. The predicted octanol–water partition coefficient (Wildman–Crippen LogP) is 24.9. The number of amides is 1. The normalized spacial score (nSPS) is 10.7. The fourth-order valence-electron chi connectivity index (χ4n) is 15.9. The van der Waals surface area contributed by atoms with Crippen molar-refractivity contribution in [3.05, 3.63) is 469 Å². The minimum atomic E-state index is -0.135. The number of anilines is 11. The van der Waals surface area contributed by atoms with E-state index in [2.05, 4.69) is 78.3 Å². The summed E-state index contributed by atoms with van der Waals surface area (Å²) < 4.78 is 21.5. The van der Waals surface area contributed by atoms with Gasteiger partial charge in [0.05, 0.1) is 79.5 Å². The van der Waals surface area contributed by atoms with Gasteiger partial charge in [-0.15, -0.1) is 0 Å². The summed E-state index contributed by atoms with van der Waals surface area (Å²) in [6, 6.07) is 118. The van der Waals surface area contributed by atoms with Gasteiger partial charge in [-0.1, -0.05) is 204 Å². The van der Waals surface area contributed by atoms with E-state index in [1.54, 1.807) is 92.8 Å². The summed E-state index contributed by atoms with van der Waals surface area (Å²) in [5.74, 6) is 4.86. The van der Waals surface area contributed by atoms with Gasteiger partial charge in [-0.3, -0.25) is 61.6 Å². The fourth-order valence-corrected chi connectivity index (χ4v) is 16.5. The third-order valence-corrected chi connectivity index (χ3v) is 23.2. The van der Waals surface area contributed by atoms with Crippen molar-refractivity contribution in [2.45, 2.75) is 55.1 Å². The summed E-state index contributed by atoms with van der Waals surface area (Å²) in [6.07, 6.45) is 8.88. The van der Waals surface area contributed by atoms with Gasteiger partial charge in [-0.05, 0) is 172 Å². The van der Waals surface area contributed by atoms with Crippen LogP contribution >= 0.6 is 11.3 Å². The van der Waals surface area contributed by atoms with Crippen LogP contribution < -0.4 is 68.5 Å². The topological polar surface area (TPSA) is 285 Å². The first kappa shape index (κ1) is 99.1. The summed E-state index contributed by atoms with van der Waals surface area (Å²) in [6.45, 7) is 8.49. The lowest BCUT2D eigenvalue weighted by Crippen LogP contribution is -2.28. The number of nitrogens with zero attached hydrogens (tertiary/aromatic N) is 11. The Kier molecular flexibility index (Phi) is 32.6. The average molecular weight is 1910 g/mol. The first-order valence-corrected chi connectivity index (χ1v) is 46.8. The number of ether oxygens (including phenoxy) is 2. The molecule has 714 valence electrons. The highest BCUT2D eigenvalue weighted by molar-refractivity contribution is 7.08. The molecule has 21 aromatic rings. The number of hydrogen-bond donors (Lipinski definition) is 6. The molecule has 25 nitrogen and oxygen atoms in total. The predicted molar refractivity (Wildman–Crippen MR) is 586 cm³/mol. The molecule has 0 aliphatic rings. The second kappa shape index (κ2) is 47.1. The number of fused-ring (bicyclic) bond motifs is 5. The number of thiophene rings is 1. The molecule has 0 saturated heterocycles. The molecule has 6 N–H and O–H groups in total. The van der Waals surface area contributed by atoms with Gasteiger partial charge in [0, 0.05) is 167 Å². The summed E-state index contributed by atoms with van der Waals surface area (Å²) in [5.41, 5.74) is 15.5. The summed E-state index contributed by atoms with van der Waals surface area (Å²) in [7, 11) is 3.40. The molecule has 0 radical (unpaired) electrons. The zero-order chi connectivity index (χ0) is 97.5. The molecule has 0 saturated carbocycles. The highest BCUT2D eigenvalue weighted by atomic mass is 32.1. The molecule has 143 heavy (non-hydrogen) atoms. The molecule has 0 aliphatic carbocycles. The SMILES string of the molecule is C.C.CC(C)Oc1cc2c(cn1)c(=O)cc(Nc1ccccc1)n2-c1ccccc1.CCOc1cc2c(cn1)c(=O)cc(Nc1ccccc1)n2-c1ccccc1.CCc1cc2c(cn1)c(=O)cc(Nc1ccccc1)n2-c1ccccc1.CN(C)C(=O)CNc1cc2c(cn1)c(=O)cc(Nc1ccccc1)n2-c1ccccc1.O=c1cc(Nc2ccccc2)n(-c2ccccc2)c2cc(-c3ccsc3)ncc12. The molecule has 0 spiro atoms. The first-order valence-electron chi connectivity index (χ1n) is 45.9. The summed E-state index contributed by atoms with van der Waals surface area (Å²) in [4.78, 5) is 99.2. The van der Waals surface area contributed by atoms with E-state index in [1.165, 1.54) is 4.90 Å². The van der Waals surface area contributed by atoms with Crippen molar-refractivity contribution in [1.82, 2.24) is 52.7 Å². The molecule has 0 atom stereocenters. The number of benzene rings is 10. The minimum absolute atomic E-state index is 0. The molecular weight excluding hydrogens is 1800 g/mol. The monoisotopic (exact) mass is 1910 g/mol. The molecule has 0 unspecified atom stereocenters. The Bertz CT molecular complexity index is 8230. The highest BCUT2D eigenvalue weighted by Crippen LogP contribution is 2.35. The van der Waals surface area contributed by atoms with Gasteiger partial charge < -0.3 is 46.3 Å². The number of carbonyl (C=O) groups excluding carboxylic acids is 1. The third-order valence-electron chi connectivity index (χ3n) is 22.5. The van der Waals surface area contributed by atoms with Crippen LogP contribution in [0.4, 0.5) is 63.3 Å².